The first-order valence-corrected chi connectivity index (χ1v) is 10.0. The Balaban J connectivity index is 1.38. The number of hydrogen-bond acceptors (Lipinski definition) is 3. The molecule has 2 aliphatic heterocycles. The highest BCUT2D eigenvalue weighted by molar-refractivity contribution is 5.68. The highest BCUT2D eigenvalue weighted by Gasteiger charge is 2.28. The maximum Gasteiger partial charge on any atom is 0.245 e. The predicted molar refractivity (Wildman–Crippen MR) is 110 cm³/mol. The van der Waals surface area contributed by atoms with E-state index in [1.807, 2.05) is 13.8 Å². The first-order chi connectivity index (χ1) is 13.0. The molecule has 0 aliphatic carbocycles. The van der Waals surface area contributed by atoms with Gasteiger partial charge in [0.25, 0.3) is 0 Å². The lowest BCUT2D eigenvalue weighted by Crippen LogP contribution is -2.28. The van der Waals surface area contributed by atoms with Gasteiger partial charge in [-0.05, 0) is 49.4 Å². The monoisotopic (exact) mass is 363 g/mol. The zero-order valence-corrected chi connectivity index (χ0v) is 16.6. The van der Waals surface area contributed by atoms with Gasteiger partial charge in [-0.15, -0.1) is 0 Å². The summed E-state index contributed by atoms with van der Waals surface area (Å²) < 4.78 is 11.3. The van der Waals surface area contributed by atoms with Crippen LogP contribution in [0.5, 0.6) is 0 Å². The van der Waals surface area contributed by atoms with E-state index in [1.54, 1.807) is 6.26 Å². The van der Waals surface area contributed by atoms with E-state index in [2.05, 4.69) is 60.4 Å². The zero-order valence-electron chi connectivity index (χ0n) is 16.6. The summed E-state index contributed by atoms with van der Waals surface area (Å²) in [5.74, 6) is 0.217. The Hall–Kier alpha value is -2.26. The average molecular weight is 364 g/mol. The lowest BCUT2D eigenvalue weighted by Gasteiger charge is -2.20. The fraction of sp³-hybridized carbons (Fsp3) is 0.417. The van der Waals surface area contributed by atoms with Gasteiger partial charge in [-0.2, -0.15) is 0 Å². The second kappa shape index (κ2) is 7.40. The predicted octanol–water partition coefficient (Wildman–Crippen LogP) is 5.46. The molecular formula is C24H29NO2. The van der Waals surface area contributed by atoms with Crippen LogP contribution in [0.15, 0.2) is 54.8 Å². The normalized spacial score (nSPS) is 21.6. The third-order valence-electron chi connectivity index (χ3n) is 5.64. The van der Waals surface area contributed by atoms with Crippen molar-refractivity contribution in [2.75, 3.05) is 13.1 Å². The minimum Gasteiger partial charge on any atom is -0.457 e. The van der Waals surface area contributed by atoms with Gasteiger partial charge in [-0.3, -0.25) is 0 Å². The lowest BCUT2D eigenvalue weighted by atomic mass is 10.0. The maximum atomic E-state index is 5.81. The molecule has 1 saturated heterocycles. The Morgan fingerprint density at radius 2 is 1.59 bits per heavy atom. The number of benzene rings is 2. The van der Waals surface area contributed by atoms with Crippen LogP contribution in [-0.4, -0.2) is 29.8 Å². The molecule has 1 atom stereocenters. The van der Waals surface area contributed by atoms with E-state index in [9.17, 15) is 0 Å². The Morgan fingerprint density at radius 1 is 0.963 bits per heavy atom. The van der Waals surface area contributed by atoms with Crippen molar-refractivity contribution in [3.05, 3.63) is 65.9 Å². The second-order valence-corrected chi connectivity index (χ2v) is 8.15. The summed E-state index contributed by atoms with van der Waals surface area (Å²) in [4.78, 5) is 2.61. The fourth-order valence-electron chi connectivity index (χ4n) is 3.92. The van der Waals surface area contributed by atoms with Crippen molar-refractivity contribution in [2.45, 2.75) is 51.9 Å². The molecule has 0 saturated carbocycles. The highest BCUT2D eigenvalue weighted by atomic mass is 16.7. The number of rotatable bonds is 5. The summed E-state index contributed by atoms with van der Waals surface area (Å²) >= 11 is 0. The number of likely N-dealkylation sites (tertiary alicyclic amines) is 1. The van der Waals surface area contributed by atoms with Crippen LogP contribution in [0, 0.1) is 0 Å². The van der Waals surface area contributed by atoms with E-state index in [0.717, 1.165) is 23.8 Å². The summed E-state index contributed by atoms with van der Waals surface area (Å²) in [6.07, 6.45) is 5.53. The molecule has 0 spiro atoms. The van der Waals surface area contributed by atoms with Gasteiger partial charge < -0.3 is 14.4 Å². The SMILES string of the molecule is C[C@@H]1CCCN1CCc1ccc(-c2ccc(C3=COC(C)(C)O3)cc2)cc1. The Labute approximate surface area is 162 Å². The van der Waals surface area contributed by atoms with Gasteiger partial charge in [-0.1, -0.05) is 48.5 Å². The van der Waals surface area contributed by atoms with Crippen LogP contribution in [0.25, 0.3) is 16.9 Å². The van der Waals surface area contributed by atoms with Crippen LogP contribution in [0.1, 0.15) is 44.7 Å². The number of ether oxygens (including phenoxy) is 2. The van der Waals surface area contributed by atoms with Crippen LogP contribution >= 0.6 is 0 Å². The quantitative estimate of drug-likeness (QED) is 0.704. The summed E-state index contributed by atoms with van der Waals surface area (Å²) in [6.45, 7) is 8.60. The molecular weight excluding hydrogens is 334 g/mol. The van der Waals surface area contributed by atoms with E-state index in [1.165, 1.54) is 42.6 Å². The molecule has 3 nitrogen and oxygen atoms in total. The first kappa shape index (κ1) is 18.1. The van der Waals surface area contributed by atoms with Gasteiger partial charge >= 0.3 is 0 Å². The van der Waals surface area contributed by atoms with Crippen LogP contribution in [0.4, 0.5) is 0 Å². The molecule has 0 amide bonds. The van der Waals surface area contributed by atoms with Crippen molar-refractivity contribution in [3.8, 4) is 11.1 Å². The van der Waals surface area contributed by atoms with Gasteiger partial charge in [0.15, 0.2) is 5.76 Å². The Bertz CT molecular complexity index is 805. The third-order valence-corrected chi connectivity index (χ3v) is 5.64. The van der Waals surface area contributed by atoms with Crippen molar-refractivity contribution in [3.63, 3.8) is 0 Å². The van der Waals surface area contributed by atoms with Crippen LogP contribution < -0.4 is 0 Å². The summed E-state index contributed by atoms with van der Waals surface area (Å²) in [7, 11) is 0. The topological polar surface area (TPSA) is 21.7 Å². The minimum atomic E-state index is -0.573. The van der Waals surface area contributed by atoms with E-state index >= 15 is 0 Å². The van der Waals surface area contributed by atoms with E-state index < -0.39 is 5.79 Å². The molecule has 2 aromatic carbocycles. The Morgan fingerprint density at radius 3 is 2.15 bits per heavy atom. The molecule has 0 unspecified atom stereocenters. The summed E-state index contributed by atoms with van der Waals surface area (Å²) in [5.41, 5.74) is 4.93. The maximum absolute atomic E-state index is 5.81. The molecule has 2 aliphatic rings. The second-order valence-electron chi connectivity index (χ2n) is 8.15. The van der Waals surface area contributed by atoms with E-state index in [-0.39, 0.29) is 0 Å². The molecule has 0 N–H and O–H groups in total. The van der Waals surface area contributed by atoms with Gasteiger partial charge in [0, 0.05) is 32.0 Å². The fourth-order valence-corrected chi connectivity index (χ4v) is 3.92. The van der Waals surface area contributed by atoms with Crippen molar-refractivity contribution in [2.24, 2.45) is 0 Å². The first-order valence-electron chi connectivity index (χ1n) is 10.0. The molecule has 2 aromatic rings. The van der Waals surface area contributed by atoms with Gasteiger partial charge in [-0.25, -0.2) is 0 Å². The van der Waals surface area contributed by atoms with Crippen molar-refractivity contribution >= 4 is 5.76 Å². The van der Waals surface area contributed by atoms with Crippen molar-refractivity contribution < 1.29 is 9.47 Å². The average Bonchev–Trinajstić information content (AvgIpc) is 3.25. The molecule has 0 aromatic heterocycles. The van der Waals surface area contributed by atoms with Gasteiger partial charge in [0.2, 0.25) is 5.79 Å². The standard InChI is InChI=1S/C24H29NO2/c1-18-5-4-15-25(18)16-14-19-6-8-20(9-7-19)21-10-12-22(13-11-21)23-17-26-24(2,3)27-23/h6-13,17-18H,4-5,14-16H2,1-3H3/t18-/m1/s1. The molecule has 4 rings (SSSR count). The number of hydrogen-bond donors (Lipinski definition) is 0. The number of nitrogens with zero attached hydrogens (tertiary/aromatic N) is 1. The molecule has 0 radical (unpaired) electrons. The summed E-state index contributed by atoms with van der Waals surface area (Å²) in [6, 6.07) is 18.2. The van der Waals surface area contributed by atoms with Gasteiger partial charge in [0.05, 0.1) is 0 Å². The van der Waals surface area contributed by atoms with Crippen molar-refractivity contribution in [1.29, 1.82) is 0 Å². The molecule has 1 fully saturated rings. The molecule has 27 heavy (non-hydrogen) atoms. The van der Waals surface area contributed by atoms with Gasteiger partial charge in [0.1, 0.15) is 6.26 Å². The van der Waals surface area contributed by atoms with Crippen LogP contribution in [0.3, 0.4) is 0 Å². The van der Waals surface area contributed by atoms with E-state index in [0.29, 0.717) is 0 Å². The molecule has 2 heterocycles. The minimum absolute atomic E-state index is 0.573. The van der Waals surface area contributed by atoms with Crippen molar-refractivity contribution in [1.82, 2.24) is 4.90 Å². The van der Waals surface area contributed by atoms with Crippen LogP contribution in [-0.2, 0) is 15.9 Å². The highest BCUT2D eigenvalue weighted by Crippen LogP contribution is 2.32. The lowest BCUT2D eigenvalue weighted by molar-refractivity contribution is -0.102. The molecule has 0 bridgehead atoms. The molecule has 142 valence electrons. The smallest absolute Gasteiger partial charge is 0.245 e. The largest absolute Gasteiger partial charge is 0.457 e. The van der Waals surface area contributed by atoms with E-state index in [4.69, 9.17) is 9.47 Å². The molecule has 3 heteroatoms. The van der Waals surface area contributed by atoms with Crippen LogP contribution in [0.2, 0.25) is 0 Å². The summed E-state index contributed by atoms with van der Waals surface area (Å²) in [5, 5.41) is 0. The zero-order chi connectivity index (χ0) is 18.9. The Kier molecular flexibility index (Phi) is 4.96. The third kappa shape index (κ3) is 4.19.